The van der Waals surface area contributed by atoms with Gasteiger partial charge in [-0.05, 0) is 18.1 Å². The molecule has 2 heterocycles. The Morgan fingerprint density at radius 3 is 2.63 bits per heavy atom. The summed E-state index contributed by atoms with van der Waals surface area (Å²) in [6.45, 7) is 1.37. The van der Waals surface area contributed by atoms with Crippen LogP contribution in [0.1, 0.15) is 12.0 Å². The number of nitrogens with one attached hydrogen (secondary N) is 1. The number of aryl methyl sites for hydroxylation is 2. The van der Waals surface area contributed by atoms with Crippen molar-refractivity contribution in [1.82, 2.24) is 18.7 Å². The molecule has 0 unspecified atom stereocenters. The number of halogens is 1. The Kier molecular flexibility index (Phi) is 5.67. The average Bonchev–Trinajstić information content (AvgIpc) is 2.99. The van der Waals surface area contributed by atoms with Gasteiger partial charge in [0, 0.05) is 39.4 Å². The van der Waals surface area contributed by atoms with E-state index in [-0.39, 0.29) is 6.54 Å². The van der Waals surface area contributed by atoms with Gasteiger partial charge in [0.25, 0.3) is 5.56 Å². The maximum atomic E-state index is 13.0. The minimum absolute atomic E-state index is 0.100. The first-order chi connectivity index (χ1) is 13.0. The fourth-order valence-corrected chi connectivity index (χ4v) is 3.15. The Hall–Kier alpha value is -2.58. The molecule has 0 radical (unpaired) electrons. The van der Waals surface area contributed by atoms with E-state index in [1.54, 1.807) is 44.0 Å². The van der Waals surface area contributed by atoms with Crippen molar-refractivity contribution in [2.24, 2.45) is 14.1 Å². The largest absolute Gasteiger partial charge is 0.385 e. The Bertz CT molecular complexity index is 1080. The first-order valence-corrected chi connectivity index (χ1v) is 8.96. The fourth-order valence-electron chi connectivity index (χ4n) is 2.95. The van der Waals surface area contributed by atoms with Crippen LogP contribution in [0.2, 0.25) is 5.02 Å². The highest BCUT2D eigenvalue weighted by molar-refractivity contribution is 6.31. The number of rotatable bonds is 7. The highest BCUT2D eigenvalue weighted by Gasteiger charge is 2.18. The summed E-state index contributed by atoms with van der Waals surface area (Å²) in [5.74, 6) is 0.531. The lowest BCUT2D eigenvalue weighted by molar-refractivity contribution is 0.197. The zero-order valence-corrected chi connectivity index (χ0v) is 16.3. The van der Waals surface area contributed by atoms with Crippen molar-refractivity contribution < 1.29 is 4.74 Å². The molecule has 0 amide bonds. The Morgan fingerprint density at radius 2 is 1.93 bits per heavy atom. The maximum Gasteiger partial charge on any atom is 0.332 e. The number of imidazole rings is 1. The van der Waals surface area contributed by atoms with Crippen LogP contribution in [0.15, 0.2) is 33.9 Å². The second-order valence-corrected chi connectivity index (χ2v) is 6.67. The van der Waals surface area contributed by atoms with E-state index in [1.807, 2.05) is 6.07 Å². The molecule has 1 N–H and O–H groups in total. The number of aromatic nitrogens is 4. The number of hydrogen-bond donors (Lipinski definition) is 1. The van der Waals surface area contributed by atoms with Gasteiger partial charge >= 0.3 is 5.69 Å². The molecule has 0 aliphatic rings. The molecule has 144 valence electrons. The lowest BCUT2D eigenvalue weighted by atomic mass is 10.2. The molecule has 0 aliphatic heterocycles. The molecule has 0 aliphatic carbocycles. The number of ether oxygens (including phenoxy) is 1. The Morgan fingerprint density at radius 1 is 1.19 bits per heavy atom. The topological polar surface area (TPSA) is 83.1 Å². The second-order valence-electron chi connectivity index (χ2n) is 6.26. The molecule has 3 rings (SSSR count). The number of fused-ring (bicyclic) bond motifs is 1. The molecule has 0 bridgehead atoms. The molecule has 9 heteroatoms. The molecule has 2 aromatic heterocycles. The van der Waals surface area contributed by atoms with E-state index < -0.39 is 11.2 Å². The molecular weight excluding hydrogens is 370 g/mol. The van der Waals surface area contributed by atoms with Gasteiger partial charge in [0.1, 0.15) is 0 Å². The third-order valence-corrected chi connectivity index (χ3v) is 4.82. The number of methoxy groups -OCH3 is 1. The van der Waals surface area contributed by atoms with Crippen LogP contribution in [0.25, 0.3) is 11.2 Å². The first kappa shape index (κ1) is 19.2. The van der Waals surface area contributed by atoms with Crippen molar-refractivity contribution in [2.45, 2.75) is 13.0 Å². The zero-order valence-electron chi connectivity index (χ0n) is 15.5. The van der Waals surface area contributed by atoms with Gasteiger partial charge in [0.05, 0.1) is 6.54 Å². The molecule has 8 nitrogen and oxygen atoms in total. The van der Waals surface area contributed by atoms with Gasteiger partial charge in [0.15, 0.2) is 11.2 Å². The van der Waals surface area contributed by atoms with Crippen LogP contribution in [0.4, 0.5) is 5.95 Å². The van der Waals surface area contributed by atoms with Gasteiger partial charge in [-0.15, -0.1) is 0 Å². The van der Waals surface area contributed by atoms with E-state index in [2.05, 4.69) is 10.3 Å². The Labute approximate surface area is 161 Å². The molecule has 3 aromatic rings. The van der Waals surface area contributed by atoms with Crippen molar-refractivity contribution in [3.63, 3.8) is 0 Å². The van der Waals surface area contributed by atoms with Crippen LogP contribution >= 0.6 is 11.6 Å². The smallest absolute Gasteiger partial charge is 0.332 e. The van der Waals surface area contributed by atoms with Crippen LogP contribution in [0.3, 0.4) is 0 Å². The van der Waals surface area contributed by atoms with Gasteiger partial charge in [-0.25, -0.2) is 4.79 Å². The summed E-state index contributed by atoms with van der Waals surface area (Å²) in [6.07, 6.45) is 0.801. The first-order valence-electron chi connectivity index (χ1n) is 8.58. The average molecular weight is 392 g/mol. The van der Waals surface area contributed by atoms with E-state index in [1.165, 1.54) is 9.13 Å². The van der Waals surface area contributed by atoms with Crippen molar-refractivity contribution in [2.75, 3.05) is 25.6 Å². The summed E-state index contributed by atoms with van der Waals surface area (Å²) < 4.78 is 9.27. The Balaban J connectivity index is 2.07. The molecule has 0 saturated heterocycles. The minimum Gasteiger partial charge on any atom is -0.385 e. The monoisotopic (exact) mass is 391 g/mol. The number of hydrogen-bond acceptors (Lipinski definition) is 5. The number of benzene rings is 1. The second kappa shape index (κ2) is 7.98. The summed E-state index contributed by atoms with van der Waals surface area (Å²) >= 11 is 6.19. The van der Waals surface area contributed by atoms with Gasteiger partial charge < -0.3 is 14.6 Å². The van der Waals surface area contributed by atoms with Crippen LogP contribution in [-0.4, -0.2) is 38.9 Å². The lowest BCUT2D eigenvalue weighted by Gasteiger charge is -2.10. The molecule has 1 aromatic carbocycles. The minimum atomic E-state index is -0.434. The third kappa shape index (κ3) is 3.63. The van der Waals surface area contributed by atoms with Crippen molar-refractivity contribution >= 4 is 28.7 Å². The summed E-state index contributed by atoms with van der Waals surface area (Å²) in [4.78, 5) is 30.2. The van der Waals surface area contributed by atoms with Crippen molar-refractivity contribution in [1.29, 1.82) is 0 Å². The third-order valence-electron chi connectivity index (χ3n) is 4.45. The highest BCUT2D eigenvalue weighted by atomic mass is 35.5. The van der Waals surface area contributed by atoms with Crippen LogP contribution in [0, 0.1) is 0 Å². The van der Waals surface area contributed by atoms with Gasteiger partial charge in [0.2, 0.25) is 5.95 Å². The van der Waals surface area contributed by atoms with Gasteiger partial charge in [-0.1, -0.05) is 29.8 Å². The van der Waals surface area contributed by atoms with Crippen molar-refractivity contribution in [3.05, 3.63) is 55.7 Å². The lowest BCUT2D eigenvalue weighted by Crippen LogP contribution is -2.39. The summed E-state index contributed by atoms with van der Waals surface area (Å²) in [6, 6.07) is 7.15. The maximum absolute atomic E-state index is 13.0. The summed E-state index contributed by atoms with van der Waals surface area (Å²) in [7, 11) is 5.00. The molecule has 0 fully saturated rings. The normalized spacial score (nSPS) is 11.3. The molecular formula is C18H22ClN5O3. The van der Waals surface area contributed by atoms with Gasteiger partial charge in [-0.2, -0.15) is 4.98 Å². The number of anilines is 1. The van der Waals surface area contributed by atoms with Crippen LogP contribution in [-0.2, 0) is 25.4 Å². The van der Waals surface area contributed by atoms with Gasteiger partial charge in [-0.3, -0.25) is 13.9 Å². The predicted octanol–water partition coefficient (Wildman–Crippen LogP) is 1.58. The van der Waals surface area contributed by atoms with Crippen LogP contribution in [0.5, 0.6) is 0 Å². The molecule has 0 saturated carbocycles. The van der Waals surface area contributed by atoms with E-state index >= 15 is 0 Å². The predicted molar refractivity (Wildman–Crippen MR) is 106 cm³/mol. The number of nitrogens with zero attached hydrogens (tertiary/aromatic N) is 4. The quantitative estimate of drug-likeness (QED) is 0.618. The zero-order chi connectivity index (χ0) is 19.6. The SMILES string of the molecule is COCCCNc1nc2c(c(=O)n(Cc3ccccc3Cl)c(=O)n2C)n1C. The van der Waals surface area contributed by atoms with E-state index in [4.69, 9.17) is 16.3 Å². The van der Waals surface area contributed by atoms with Crippen molar-refractivity contribution in [3.8, 4) is 0 Å². The molecule has 0 atom stereocenters. The standard InChI is InChI=1S/C18H22ClN5O3/c1-22-14-15(21-17(22)20-9-6-10-27-3)23(2)18(26)24(16(14)25)11-12-7-4-5-8-13(12)19/h4-5,7-8H,6,9-11H2,1-3H3,(H,20,21). The molecule has 27 heavy (non-hydrogen) atoms. The van der Waals surface area contributed by atoms with E-state index in [9.17, 15) is 9.59 Å². The summed E-state index contributed by atoms with van der Waals surface area (Å²) in [5, 5.41) is 3.69. The molecule has 0 spiro atoms. The van der Waals surface area contributed by atoms with E-state index in [0.29, 0.717) is 40.8 Å². The fraction of sp³-hybridized carbons (Fsp3) is 0.389. The highest BCUT2D eigenvalue weighted by Crippen LogP contribution is 2.16. The summed E-state index contributed by atoms with van der Waals surface area (Å²) in [5.41, 5.74) is 0.581. The van der Waals surface area contributed by atoms with Crippen LogP contribution < -0.4 is 16.6 Å². The van der Waals surface area contributed by atoms with E-state index in [0.717, 1.165) is 6.42 Å².